The monoisotopic (exact) mass is 175 g/mol. The van der Waals surface area contributed by atoms with E-state index in [1.807, 2.05) is 0 Å². The molecular weight excluding hydrogens is 169 g/mol. The Labute approximate surface area is 74.3 Å². The van der Waals surface area contributed by atoms with E-state index >= 15 is 0 Å². The van der Waals surface area contributed by atoms with E-state index in [1.165, 1.54) is 12.4 Å². The van der Waals surface area contributed by atoms with Crippen LogP contribution in [-0.4, -0.2) is 15.0 Å². The molecule has 0 unspecified atom stereocenters. The van der Waals surface area contributed by atoms with E-state index in [1.54, 1.807) is 24.4 Å². The molecule has 64 valence electrons. The van der Waals surface area contributed by atoms with Crippen molar-refractivity contribution in [1.29, 1.82) is 0 Å². The molecular formula is C9H6FN3. The summed E-state index contributed by atoms with van der Waals surface area (Å²) in [7, 11) is 0. The molecule has 0 spiro atoms. The van der Waals surface area contributed by atoms with Gasteiger partial charge in [0.1, 0.15) is 6.33 Å². The van der Waals surface area contributed by atoms with Gasteiger partial charge in [0, 0.05) is 6.20 Å². The number of hydrogen-bond acceptors (Lipinski definition) is 3. The first kappa shape index (κ1) is 7.79. The Bertz CT molecular complexity index is 403. The van der Waals surface area contributed by atoms with Crippen LogP contribution in [0, 0.1) is 5.95 Å². The maximum Gasteiger partial charge on any atom is 0.213 e. The molecule has 0 saturated heterocycles. The number of rotatable bonds is 1. The molecule has 0 N–H and O–H groups in total. The highest BCUT2D eigenvalue weighted by Crippen LogP contribution is 2.11. The number of hydrogen-bond donors (Lipinski definition) is 0. The lowest BCUT2D eigenvalue weighted by molar-refractivity contribution is 0.585. The van der Waals surface area contributed by atoms with Crippen LogP contribution in [0.4, 0.5) is 4.39 Å². The summed E-state index contributed by atoms with van der Waals surface area (Å²) >= 11 is 0. The highest BCUT2D eigenvalue weighted by atomic mass is 19.1. The molecule has 2 heterocycles. The van der Waals surface area contributed by atoms with Gasteiger partial charge in [-0.1, -0.05) is 6.07 Å². The lowest BCUT2D eigenvalue weighted by atomic mass is 10.3. The molecule has 0 fully saturated rings. The van der Waals surface area contributed by atoms with E-state index in [2.05, 4.69) is 15.0 Å². The van der Waals surface area contributed by atoms with E-state index in [0.29, 0.717) is 11.4 Å². The van der Waals surface area contributed by atoms with Gasteiger partial charge < -0.3 is 0 Å². The highest BCUT2D eigenvalue weighted by molar-refractivity contribution is 5.52. The Morgan fingerprint density at radius 1 is 1.08 bits per heavy atom. The SMILES string of the molecule is Fc1cccc(-c2ccncn2)n1. The molecule has 0 bridgehead atoms. The van der Waals surface area contributed by atoms with Crippen LogP contribution in [0.5, 0.6) is 0 Å². The fraction of sp³-hybridized carbons (Fsp3) is 0. The average Bonchev–Trinajstić information content (AvgIpc) is 2.19. The number of nitrogens with zero attached hydrogens (tertiary/aromatic N) is 3. The Morgan fingerprint density at radius 2 is 2.00 bits per heavy atom. The molecule has 0 aliphatic carbocycles. The van der Waals surface area contributed by atoms with E-state index in [0.717, 1.165) is 0 Å². The van der Waals surface area contributed by atoms with Gasteiger partial charge in [-0.25, -0.2) is 15.0 Å². The van der Waals surface area contributed by atoms with Crippen molar-refractivity contribution in [1.82, 2.24) is 15.0 Å². The van der Waals surface area contributed by atoms with Gasteiger partial charge in [0.2, 0.25) is 5.95 Å². The standard InChI is InChI=1S/C9H6FN3/c10-9-3-1-2-8(13-9)7-4-5-11-6-12-7/h1-6H. The number of halogens is 1. The largest absolute Gasteiger partial charge is 0.245 e. The molecule has 2 rings (SSSR count). The second-order valence-electron chi connectivity index (χ2n) is 2.44. The summed E-state index contributed by atoms with van der Waals surface area (Å²) in [6.07, 6.45) is 3.00. The van der Waals surface area contributed by atoms with Gasteiger partial charge >= 0.3 is 0 Å². The van der Waals surface area contributed by atoms with Crippen LogP contribution in [0.3, 0.4) is 0 Å². The van der Waals surface area contributed by atoms with Crippen LogP contribution < -0.4 is 0 Å². The summed E-state index contributed by atoms with van der Waals surface area (Å²) in [4.78, 5) is 11.4. The van der Waals surface area contributed by atoms with Crippen LogP contribution in [0.25, 0.3) is 11.4 Å². The lowest BCUT2D eigenvalue weighted by Gasteiger charge is -1.97. The third kappa shape index (κ3) is 1.66. The molecule has 0 aromatic carbocycles. The minimum absolute atomic E-state index is 0.504. The molecule has 13 heavy (non-hydrogen) atoms. The van der Waals surface area contributed by atoms with Crippen LogP contribution >= 0.6 is 0 Å². The molecule has 0 atom stereocenters. The van der Waals surface area contributed by atoms with Gasteiger partial charge in [0.05, 0.1) is 11.4 Å². The summed E-state index contributed by atoms with van der Waals surface area (Å²) in [5.41, 5.74) is 1.14. The quantitative estimate of drug-likeness (QED) is 0.619. The normalized spacial score (nSPS) is 9.92. The number of pyridine rings is 1. The van der Waals surface area contributed by atoms with E-state index < -0.39 is 5.95 Å². The smallest absolute Gasteiger partial charge is 0.213 e. The summed E-state index contributed by atoms with van der Waals surface area (Å²) < 4.78 is 12.7. The van der Waals surface area contributed by atoms with Crippen LogP contribution in [0.15, 0.2) is 36.8 Å². The minimum atomic E-state index is -0.504. The average molecular weight is 175 g/mol. The van der Waals surface area contributed by atoms with Crippen LogP contribution in [-0.2, 0) is 0 Å². The molecule has 2 aromatic heterocycles. The van der Waals surface area contributed by atoms with Gasteiger partial charge in [0.25, 0.3) is 0 Å². The van der Waals surface area contributed by atoms with Gasteiger partial charge in [0.15, 0.2) is 0 Å². The summed E-state index contributed by atoms with van der Waals surface area (Å²) in [6.45, 7) is 0. The molecule has 0 saturated carbocycles. The van der Waals surface area contributed by atoms with Crippen LogP contribution in [0.2, 0.25) is 0 Å². The zero-order chi connectivity index (χ0) is 9.10. The van der Waals surface area contributed by atoms with E-state index in [-0.39, 0.29) is 0 Å². The van der Waals surface area contributed by atoms with Crippen molar-refractivity contribution in [3.8, 4) is 11.4 Å². The second-order valence-corrected chi connectivity index (χ2v) is 2.44. The second kappa shape index (κ2) is 3.26. The Hall–Kier alpha value is -1.84. The van der Waals surface area contributed by atoms with E-state index in [4.69, 9.17) is 0 Å². The Kier molecular flexibility index (Phi) is 1.96. The van der Waals surface area contributed by atoms with Crippen molar-refractivity contribution in [3.05, 3.63) is 42.7 Å². The molecule has 0 radical (unpaired) electrons. The summed E-state index contributed by atoms with van der Waals surface area (Å²) in [5, 5.41) is 0. The van der Waals surface area contributed by atoms with Gasteiger partial charge in [-0.15, -0.1) is 0 Å². The zero-order valence-electron chi connectivity index (χ0n) is 6.68. The topological polar surface area (TPSA) is 38.7 Å². The summed E-state index contributed by atoms with van der Waals surface area (Å²) in [5.74, 6) is -0.504. The molecule has 3 nitrogen and oxygen atoms in total. The minimum Gasteiger partial charge on any atom is -0.245 e. The van der Waals surface area contributed by atoms with Crippen molar-refractivity contribution in [2.24, 2.45) is 0 Å². The highest BCUT2D eigenvalue weighted by Gasteiger charge is 2.00. The Balaban J connectivity index is 2.48. The predicted octanol–water partition coefficient (Wildman–Crippen LogP) is 1.68. The van der Waals surface area contributed by atoms with Crippen molar-refractivity contribution in [2.45, 2.75) is 0 Å². The lowest BCUT2D eigenvalue weighted by Crippen LogP contribution is -1.89. The third-order valence-corrected chi connectivity index (χ3v) is 1.56. The predicted molar refractivity (Wildman–Crippen MR) is 45.2 cm³/mol. The van der Waals surface area contributed by atoms with Gasteiger partial charge in [-0.2, -0.15) is 4.39 Å². The van der Waals surface area contributed by atoms with Gasteiger partial charge in [-0.3, -0.25) is 0 Å². The number of aromatic nitrogens is 3. The first-order chi connectivity index (χ1) is 6.36. The van der Waals surface area contributed by atoms with Crippen molar-refractivity contribution < 1.29 is 4.39 Å². The molecule has 0 aliphatic rings. The molecule has 4 heteroatoms. The van der Waals surface area contributed by atoms with Crippen LogP contribution in [0.1, 0.15) is 0 Å². The Morgan fingerprint density at radius 3 is 2.69 bits per heavy atom. The van der Waals surface area contributed by atoms with Crippen molar-refractivity contribution in [2.75, 3.05) is 0 Å². The molecule has 0 aliphatic heterocycles. The molecule has 0 amide bonds. The van der Waals surface area contributed by atoms with Crippen molar-refractivity contribution in [3.63, 3.8) is 0 Å². The fourth-order valence-corrected chi connectivity index (χ4v) is 0.993. The summed E-state index contributed by atoms with van der Waals surface area (Å²) in [6, 6.07) is 6.28. The first-order valence-electron chi connectivity index (χ1n) is 3.75. The third-order valence-electron chi connectivity index (χ3n) is 1.56. The maximum atomic E-state index is 12.7. The molecule has 2 aromatic rings. The van der Waals surface area contributed by atoms with Gasteiger partial charge in [-0.05, 0) is 18.2 Å². The zero-order valence-corrected chi connectivity index (χ0v) is 6.68. The maximum absolute atomic E-state index is 12.7. The fourth-order valence-electron chi connectivity index (χ4n) is 0.993. The first-order valence-corrected chi connectivity index (χ1v) is 3.75. The van der Waals surface area contributed by atoms with Crippen molar-refractivity contribution >= 4 is 0 Å². The van der Waals surface area contributed by atoms with E-state index in [9.17, 15) is 4.39 Å².